The van der Waals surface area contributed by atoms with E-state index in [9.17, 15) is 0 Å². The van der Waals surface area contributed by atoms with Crippen molar-refractivity contribution in [1.29, 1.82) is 0 Å². The molecule has 0 fully saturated rings. The van der Waals surface area contributed by atoms with E-state index in [-0.39, 0.29) is 36.2 Å². The van der Waals surface area contributed by atoms with E-state index in [1.165, 1.54) is 6.92 Å². The zero-order valence-corrected chi connectivity index (χ0v) is 8.38. The first-order valence-electron chi connectivity index (χ1n) is 2.12. The summed E-state index contributed by atoms with van der Waals surface area (Å²) in [5.41, 5.74) is 0. The van der Waals surface area contributed by atoms with Gasteiger partial charge in [-0.15, -0.1) is 0 Å². The van der Waals surface area contributed by atoms with Gasteiger partial charge in [-0.2, -0.15) is 0 Å². The molecule has 0 heterocycles. The third-order valence-electron chi connectivity index (χ3n) is 0.431. The molecule has 0 saturated heterocycles. The molecule has 9 heavy (non-hydrogen) atoms. The van der Waals surface area contributed by atoms with Crippen molar-refractivity contribution >= 4 is 38.2 Å². The summed E-state index contributed by atoms with van der Waals surface area (Å²) in [6, 6.07) is 0. The summed E-state index contributed by atoms with van der Waals surface area (Å²) in [5, 5.41) is 8.46. The van der Waals surface area contributed by atoms with Gasteiger partial charge in [0.2, 0.25) is 0 Å². The van der Waals surface area contributed by atoms with Crippen molar-refractivity contribution < 1.29 is 19.4 Å². The van der Waals surface area contributed by atoms with Crippen LogP contribution < -0.4 is 0 Å². The zero-order valence-electron chi connectivity index (χ0n) is 5.48. The molecular formula is C3H9NaO4P. The van der Waals surface area contributed by atoms with Crippen LogP contribution in [-0.2, 0) is 4.52 Å². The molecular weight excluding hydrogens is 154 g/mol. The Hall–Kier alpha value is 1.27. The van der Waals surface area contributed by atoms with Crippen LogP contribution >= 0.6 is 8.60 Å². The van der Waals surface area contributed by atoms with Gasteiger partial charge >= 0.3 is 8.60 Å². The van der Waals surface area contributed by atoms with Crippen LogP contribution in [0.1, 0.15) is 6.92 Å². The summed E-state index contributed by atoms with van der Waals surface area (Å²) in [4.78, 5) is 16.2. The number of hydrogen-bond donors (Lipinski definition) is 3. The van der Waals surface area contributed by atoms with E-state index in [2.05, 4.69) is 4.52 Å². The fraction of sp³-hybridized carbons (Fsp3) is 1.00. The molecule has 0 spiro atoms. The van der Waals surface area contributed by atoms with Crippen LogP contribution in [0.15, 0.2) is 0 Å². The van der Waals surface area contributed by atoms with E-state index in [0.717, 1.165) is 0 Å². The van der Waals surface area contributed by atoms with Crippen molar-refractivity contribution in [1.82, 2.24) is 0 Å². The van der Waals surface area contributed by atoms with E-state index >= 15 is 0 Å². The van der Waals surface area contributed by atoms with E-state index in [1.807, 2.05) is 0 Å². The van der Waals surface area contributed by atoms with Gasteiger partial charge in [0.1, 0.15) is 0 Å². The maximum absolute atomic E-state index is 8.46. The molecule has 1 atom stereocenters. The Morgan fingerprint density at radius 1 is 1.56 bits per heavy atom. The summed E-state index contributed by atoms with van der Waals surface area (Å²) in [6.45, 7) is 1.47. The Labute approximate surface area is 77.1 Å². The second kappa shape index (κ2) is 7.38. The number of hydrogen-bond acceptors (Lipinski definition) is 4. The Kier molecular flexibility index (Phi) is 10.6. The van der Waals surface area contributed by atoms with Crippen LogP contribution in [0.5, 0.6) is 0 Å². The summed E-state index contributed by atoms with van der Waals surface area (Å²) in [6.07, 6.45) is -0.640. The van der Waals surface area contributed by atoms with Crippen LogP contribution in [0, 0.1) is 0 Å². The molecule has 1 unspecified atom stereocenters. The molecule has 0 aliphatic carbocycles. The first-order valence-corrected chi connectivity index (χ1v) is 3.28. The standard InChI is InChI=1S/C3H9O4P.Na/c1-3(4)2-7-8(5)6;/h3-6H,2H2,1H3;. The van der Waals surface area contributed by atoms with Gasteiger partial charge in [-0.3, -0.25) is 0 Å². The molecule has 0 aromatic rings. The summed E-state index contributed by atoms with van der Waals surface area (Å²) in [7, 11) is -2.29. The molecule has 0 aliphatic heterocycles. The second-order valence-electron chi connectivity index (χ2n) is 1.40. The van der Waals surface area contributed by atoms with Crippen LogP contribution in [0.3, 0.4) is 0 Å². The minimum absolute atomic E-state index is 0. The van der Waals surface area contributed by atoms with Gasteiger partial charge in [-0.25, -0.2) is 0 Å². The summed E-state index contributed by atoms with van der Waals surface area (Å²) >= 11 is 0. The van der Waals surface area contributed by atoms with Crippen LogP contribution in [-0.4, -0.2) is 57.2 Å². The minimum atomic E-state index is -2.29. The molecule has 0 aromatic carbocycles. The molecule has 3 N–H and O–H groups in total. The van der Waals surface area contributed by atoms with Crippen molar-refractivity contribution in [3.63, 3.8) is 0 Å². The van der Waals surface area contributed by atoms with Gasteiger partial charge in [0.05, 0.1) is 12.7 Å². The topological polar surface area (TPSA) is 69.9 Å². The Morgan fingerprint density at radius 2 is 2.00 bits per heavy atom. The van der Waals surface area contributed by atoms with Crippen molar-refractivity contribution in [2.45, 2.75) is 13.0 Å². The van der Waals surface area contributed by atoms with Crippen molar-refractivity contribution in [2.24, 2.45) is 0 Å². The summed E-state index contributed by atoms with van der Waals surface area (Å²) < 4.78 is 4.23. The van der Waals surface area contributed by atoms with Crippen LogP contribution in [0.4, 0.5) is 0 Å². The van der Waals surface area contributed by atoms with Crippen LogP contribution in [0.2, 0.25) is 0 Å². The molecule has 1 radical (unpaired) electrons. The SMILES string of the molecule is CC(O)COP(O)O.[Na]. The summed E-state index contributed by atoms with van der Waals surface area (Å²) in [5.74, 6) is 0. The zero-order chi connectivity index (χ0) is 6.57. The second-order valence-corrected chi connectivity index (χ2v) is 2.16. The van der Waals surface area contributed by atoms with E-state index in [0.29, 0.717) is 0 Å². The van der Waals surface area contributed by atoms with Gasteiger partial charge in [0.25, 0.3) is 0 Å². The molecule has 0 rings (SSSR count). The first kappa shape index (κ1) is 12.9. The number of aliphatic hydroxyl groups excluding tert-OH is 1. The van der Waals surface area contributed by atoms with Gasteiger partial charge < -0.3 is 19.4 Å². The predicted molar refractivity (Wildman–Crippen MR) is 34.7 cm³/mol. The number of rotatable bonds is 3. The smallest absolute Gasteiger partial charge is 0.327 e. The van der Waals surface area contributed by atoms with Crippen molar-refractivity contribution in [3.8, 4) is 0 Å². The fourth-order valence-corrected chi connectivity index (χ4v) is 0.524. The van der Waals surface area contributed by atoms with E-state index in [1.54, 1.807) is 0 Å². The Morgan fingerprint density at radius 3 is 2.11 bits per heavy atom. The van der Waals surface area contributed by atoms with Gasteiger partial charge in [-0.1, -0.05) is 0 Å². The molecule has 0 amide bonds. The normalized spacial score (nSPS) is 13.0. The van der Waals surface area contributed by atoms with E-state index in [4.69, 9.17) is 14.9 Å². The maximum Gasteiger partial charge on any atom is 0.327 e. The van der Waals surface area contributed by atoms with E-state index < -0.39 is 14.7 Å². The molecule has 0 aromatic heterocycles. The van der Waals surface area contributed by atoms with Crippen LogP contribution in [0.25, 0.3) is 0 Å². The third kappa shape index (κ3) is 12.5. The fourth-order valence-electron chi connectivity index (χ4n) is 0.175. The third-order valence-corrected chi connectivity index (χ3v) is 0.811. The quantitative estimate of drug-likeness (QED) is 0.377. The average molecular weight is 163 g/mol. The molecule has 6 heteroatoms. The number of aliphatic hydroxyl groups is 1. The van der Waals surface area contributed by atoms with Gasteiger partial charge in [0, 0.05) is 29.6 Å². The molecule has 0 aliphatic rings. The van der Waals surface area contributed by atoms with Gasteiger partial charge in [-0.05, 0) is 6.92 Å². The van der Waals surface area contributed by atoms with Gasteiger partial charge in [0.15, 0.2) is 0 Å². The molecule has 0 bridgehead atoms. The monoisotopic (exact) mass is 163 g/mol. The first-order chi connectivity index (χ1) is 3.63. The average Bonchev–Trinajstić information content (AvgIpc) is 1.61. The molecule has 4 nitrogen and oxygen atoms in total. The molecule has 0 saturated carbocycles. The van der Waals surface area contributed by atoms with Crippen molar-refractivity contribution in [3.05, 3.63) is 0 Å². The Balaban J connectivity index is 0. The maximum atomic E-state index is 8.46. The largest absolute Gasteiger partial charge is 0.391 e. The Bertz CT molecular complexity index is 51.8. The minimum Gasteiger partial charge on any atom is -0.391 e. The predicted octanol–water partition coefficient (Wildman–Crippen LogP) is -0.786. The molecule has 51 valence electrons. The van der Waals surface area contributed by atoms with Crippen molar-refractivity contribution in [2.75, 3.05) is 6.61 Å².